The topological polar surface area (TPSA) is 75.6 Å². The van der Waals surface area contributed by atoms with Gasteiger partial charge in [0.15, 0.2) is 0 Å². The van der Waals surface area contributed by atoms with E-state index in [1.54, 1.807) is 18.2 Å². The maximum Gasteiger partial charge on any atom is 0.305 e. The number of aliphatic carboxylic acids is 1. The standard InChI is InChI=1S/C20H22ClNO4/c1-3-26-20-14(8-6-10-16(20)21)11-18(23)22-17(12-19(24)25)15-9-5-4-7-13(15)2/h4-10,17H,3,11-12H2,1-2H3,(H,22,23)(H,24,25). The molecule has 0 radical (unpaired) electrons. The monoisotopic (exact) mass is 375 g/mol. The maximum atomic E-state index is 12.6. The number of hydrogen-bond donors (Lipinski definition) is 2. The number of carbonyl (C=O) groups excluding carboxylic acids is 1. The quantitative estimate of drug-likeness (QED) is 0.733. The molecule has 5 nitrogen and oxygen atoms in total. The summed E-state index contributed by atoms with van der Waals surface area (Å²) in [5.74, 6) is -0.781. The van der Waals surface area contributed by atoms with Gasteiger partial charge in [0, 0.05) is 5.56 Å². The second-order valence-corrected chi connectivity index (χ2v) is 6.32. The van der Waals surface area contributed by atoms with Crippen LogP contribution in [-0.4, -0.2) is 23.6 Å². The number of ether oxygens (including phenoxy) is 1. The van der Waals surface area contributed by atoms with E-state index in [9.17, 15) is 14.7 Å². The molecule has 0 saturated heterocycles. The van der Waals surface area contributed by atoms with Crippen LogP contribution in [0, 0.1) is 6.92 Å². The fourth-order valence-electron chi connectivity index (χ4n) is 2.81. The van der Waals surface area contributed by atoms with Gasteiger partial charge in [-0.2, -0.15) is 0 Å². The highest BCUT2D eigenvalue weighted by atomic mass is 35.5. The molecule has 138 valence electrons. The largest absolute Gasteiger partial charge is 0.492 e. The van der Waals surface area contributed by atoms with Crippen molar-refractivity contribution in [3.05, 3.63) is 64.2 Å². The first-order valence-electron chi connectivity index (χ1n) is 8.39. The van der Waals surface area contributed by atoms with Crippen molar-refractivity contribution >= 4 is 23.5 Å². The normalized spacial score (nSPS) is 11.7. The molecule has 6 heteroatoms. The number of nitrogens with one attached hydrogen (secondary N) is 1. The zero-order chi connectivity index (χ0) is 19.1. The molecule has 1 unspecified atom stereocenters. The average Bonchev–Trinajstić information content (AvgIpc) is 2.57. The summed E-state index contributed by atoms with van der Waals surface area (Å²) in [6.45, 7) is 4.16. The molecule has 0 aliphatic rings. The number of benzene rings is 2. The lowest BCUT2D eigenvalue weighted by molar-refractivity contribution is -0.137. The van der Waals surface area contributed by atoms with Crippen molar-refractivity contribution in [1.82, 2.24) is 5.32 Å². The summed E-state index contributed by atoms with van der Waals surface area (Å²) in [4.78, 5) is 23.8. The number of carboxylic acid groups (broad SMARTS) is 1. The number of amides is 1. The Kier molecular flexibility index (Phi) is 7.04. The van der Waals surface area contributed by atoms with Gasteiger partial charge in [-0.3, -0.25) is 9.59 Å². The van der Waals surface area contributed by atoms with Crippen LogP contribution in [0.1, 0.15) is 36.1 Å². The highest BCUT2D eigenvalue weighted by Crippen LogP contribution is 2.29. The number of carbonyl (C=O) groups is 2. The first kappa shape index (κ1) is 19.8. The summed E-state index contributed by atoms with van der Waals surface area (Å²) in [6, 6.07) is 12.0. The van der Waals surface area contributed by atoms with E-state index in [0.717, 1.165) is 11.1 Å². The number of rotatable bonds is 8. The SMILES string of the molecule is CCOc1c(Cl)cccc1CC(=O)NC(CC(=O)O)c1ccccc1C. The van der Waals surface area contributed by atoms with Gasteiger partial charge in [-0.05, 0) is 31.0 Å². The van der Waals surface area contributed by atoms with Crippen LogP contribution in [0.2, 0.25) is 5.02 Å². The predicted molar refractivity (Wildman–Crippen MR) is 101 cm³/mol. The highest BCUT2D eigenvalue weighted by Gasteiger charge is 2.21. The Labute approximate surface area is 157 Å². The number of hydrogen-bond acceptors (Lipinski definition) is 3. The number of aryl methyl sites for hydroxylation is 1. The summed E-state index contributed by atoms with van der Waals surface area (Å²) in [5.41, 5.74) is 2.38. The Morgan fingerprint density at radius 2 is 1.92 bits per heavy atom. The molecule has 1 amide bonds. The second kappa shape index (κ2) is 9.25. The average molecular weight is 376 g/mol. The van der Waals surface area contributed by atoms with Crippen LogP contribution in [0.15, 0.2) is 42.5 Å². The van der Waals surface area contributed by atoms with Crippen molar-refractivity contribution in [2.75, 3.05) is 6.61 Å². The van der Waals surface area contributed by atoms with Gasteiger partial charge in [-0.1, -0.05) is 48.0 Å². The summed E-state index contributed by atoms with van der Waals surface area (Å²) in [7, 11) is 0. The number of carboxylic acids is 1. The van der Waals surface area contributed by atoms with Crippen molar-refractivity contribution < 1.29 is 19.4 Å². The zero-order valence-corrected chi connectivity index (χ0v) is 15.5. The molecule has 0 heterocycles. The fourth-order valence-corrected chi connectivity index (χ4v) is 3.06. The van der Waals surface area contributed by atoms with E-state index >= 15 is 0 Å². The molecular weight excluding hydrogens is 354 g/mol. The van der Waals surface area contributed by atoms with E-state index in [2.05, 4.69) is 5.32 Å². The summed E-state index contributed by atoms with van der Waals surface area (Å²) >= 11 is 6.15. The van der Waals surface area contributed by atoms with Gasteiger partial charge in [0.2, 0.25) is 5.91 Å². The third-order valence-corrected chi connectivity index (χ3v) is 4.26. The van der Waals surface area contributed by atoms with Crippen molar-refractivity contribution in [2.24, 2.45) is 0 Å². The van der Waals surface area contributed by atoms with E-state index in [1.165, 1.54) is 0 Å². The molecule has 0 saturated carbocycles. The van der Waals surface area contributed by atoms with E-state index in [-0.39, 0.29) is 18.7 Å². The van der Waals surface area contributed by atoms with E-state index in [4.69, 9.17) is 16.3 Å². The predicted octanol–water partition coefficient (Wildman–Crippen LogP) is 3.92. The molecule has 0 aliphatic carbocycles. The molecule has 1 atom stereocenters. The minimum absolute atomic E-state index is 0.0535. The lowest BCUT2D eigenvalue weighted by atomic mass is 9.98. The second-order valence-electron chi connectivity index (χ2n) is 5.91. The lowest BCUT2D eigenvalue weighted by Crippen LogP contribution is -2.32. The molecule has 0 aromatic heterocycles. The molecule has 26 heavy (non-hydrogen) atoms. The van der Waals surface area contributed by atoms with E-state index < -0.39 is 12.0 Å². The molecule has 2 N–H and O–H groups in total. The molecule has 2 rings (SSSR count). The Bertz CT molecular complexity index is 791. The van der Waals surface area contributed by atoms with Crippen LogP contribution >= 0.6 is 11.6 Å². The fraction of sp³-hybridized carbons (Fsp3) is 0.300. The maximum absolute atomic E-state index is 12.6. The van der Waals surface area contributed by atoms with Gasteiger partial charge in [0.25, 0.3) is 0 Å². The van der Waals surface area contributed by atoms with Gasteiger partial charge in [0.1, 0.15) is 5.75 Å². The van der Waals surface area contributed by atoms with Gasteiger partial charge >= 0.3 is 5.97 Å². The van der Waals surface area contributed by atoms with Crippen molar-refractivity contribution in [3.63, 3.8) is 0 Å². The van der Waals surface area contributed by atoms with Crippen LogP contribution in [0.3, 0.4) is 0 Å². The third kappa shape index (κ3) is 5.23. The van der Waals surface area contributed by atoms with Crippen LogP contribution in [0.4, 0.5) is 0 Å². The number of halogens is 1. The Balaban J connectivity index is 2.19. The van der Waals surface area contributed by atoms with Crippen molar-refractivity contribution in [3.8, 4) is 5.75 Å². The minimum atomic E-state index is -0.976. The molecule has 0 fully saturated rings. The van der Waals surface area contributed by atoms with Gasteiger partial charge < -0.3 is 15.2 Å². The molecule has 0 aliphatic heterocycles. The minimum Gasteiger partial charge on any atom is -0.492 e. The summed E-state index contributed by atoms with van der Waals surface area (Å²) in [5, 5.41) is 12.5. The van der Waals surface area contributed by atoms with Crippen molar-refractivity contribution in [2.45, 2.75) is 32.7 Å². The van der Waals surface area contributed by atoms with Gasteiger partial charge in [-0.15, -0.1) is 0 Å². The zero-order valence-electron chi connectivity index (χ0n) is 14.8. The highest BCUT2D eigenvalue weighted by molar-refractivity contribution is 6.32. The smallest absolute Gasteiger partial charge is 0.305 e. The van der Waals surface area contributed by atoms with Crippen molar-refractivity contribution in [1.29, 1.82) is 0 Å². The Morgan fingerprint density at radius 3 is 2.58 bits per heavy atom. The Hall–Kier alpha value is -2.53. The lowest BCUT2D eigenvalue weighted by Gasteiger charge is -2.20. The first-order valence-corrected chi connectivity index (χ1v) is 8.77. The van der Waals surface area contributed by atoms with Gasteiger partial charge in [-0.25, -0.2) is 0 Å². The Morgan fingerprint density at radius 1 is 1.19 bits per heavy atom. The van der Waals surface area contributed by atoms with Gasteiger partial charge in [0.05, 0.1) is 30.5 Å². The molecule has 2 aromatic carbocycles. The summed E-state index contributed by atoms with van der Waals surface area (Å²) in [6.07, 6.45) is -0.137. The molecular formula is C20H22ClNO4. The van der Waals surface area contributed by atoms with Crippen LogP contribution in [0.25, 0.3) is 0 Å². The number of para-hydroxylation sites is 1. The van der Waals surface area contributed by atoms with E-state index in [0.29, 0.717) is 22.9 Å². The molecule has 0 spiro atoms. The molecule has 0 bridgehead atoms. The van der Waals surface area contributed by atoms with Crippen LogP contribution in [-0.2, 0) is 16.0 Å². The van der Waals surface area contributed by atoms with Crippen LogP contribution < -0.4 is 10.1 Å². The summed E-state index contributed by atoms with van der Waals surface area (Å²) < 4.78 is 5.54. The van der Waals surface area contributed by atoms with Crippen LogP contribution in [0.5, 0.6) is 5.75 Å². The van der Waals surface area contributed by atoms with E-state index in [1.807, 2.05) is 38.1 Å². The first-order chi connectivity index (χ1) is 12.4. The third-order valence-electron chi connectivity index (χ3n) is 3.97. The molecule has 2 aromatic rings.